The monoisotopic (exact) mass is 239 g/mol. The van der Waals surface area contributed by atoms with E-state index in [-0.39, 0.29) is 12.0 Å². The Hall–Kier alpha value is -0.570. The maximum absolute atomic E-state index is 12.1. The third kappa shape index (κ3) is 2.82. The predicted molar refractivity (Wildman–Crippen MR) is 67.5 cm³/mol. The molecule has 3 heteroatoms. The molecule has 2 unspecified atom stereocenters. The summed E-state index contributed by atoms with van der Waals surface area (Å²) in [5.41, 5.74) is 5.60. The average molecular weight is 239 g/mol. The topological polar surface area (TPSA) is 52.3 Å². The predicted octanol–water partition coefficient (Wildman–Crippen LogP) is 2.63. The van der Waals surface area contributed by atoms with Crippen LogP contribution in [0.25, 0.3) is 0 Å². The molecular weight excluding hydrogens is 214 g/mol. The van der Waals surface area contributed by atoms with Crippen LogP contribution in [0, 0.1) is 11.3 Å². The zero-order valence-corrected chi connectivity index (χ0v) is 10.9. The summed E-state index contributed by atoms with van der Waals surface area (Å²) < 4.78 is 5.52. The summed E-state index contributed by atoms with van der Waals surface area (Å²) in [5, 5.41) is 0. The minimum absolute atomic E-state index is 0.0126. The fourth-order valence-electron chi connectivity index (χ4n) is 3.16. The van der Waals surface area contributed by atoms with E-state index in [0.717, 1.165) is 19.3 Å². The largest absolute Gasteiger partial charge is 0.465 e. The first-order valence-corrected chi connectivity index (χ1v) is 7.06. The van der Waals surface area contributed by atoms with Crippen molar-refractivity contribution in [2.75, 3.05) is 6.61 Å². The van der Waals surface area contributed by atoms with Gasteiger partial charge in [-0.25, -0.2) is 0 Å². The molecule has 2 saturated carbocycles. The average Bonchev–Trinajstić information content (AvgIpc) is 2.69. The van der Waals surface area contributed by atoms with Crippen LogP contribution in [0.1, 0.15) is 58.3 Å². The summed E-state index contributed by atoms with van der Waals surface area (Å²) in [4.78, 5) is 12.1. The highest BCUT2D eigenvalue weighted by molar-refractivity contribution is 5.77. The van der Waals surface area contributed by atoms with Gasteiger partial charge >= 0.3 is 5.97 Å². The number of hydrogen-bond donors (Lipinski definition) is 1. The molecule has 98 valence electrons. The molecule has 2 aliphatic rings. The number of rotatable bonds is 3. The Bertz CT molecular complexity index is 273. The first-order chi connectivity index (χ1) is 8.13. The Morgan fingerprint density at radius 1 is 1.24 bits per heavy atom. The smallest absolute Gasteiger partial charge is 0.313 e. The second kappa shape index (κ2) is 5.38. The van der Waals surface area contributed by atoms with Gasteiger partial charge in [-0.1, -0.05) is 25.7 Å². The maximum atomic E-state index is 12.1. The van der Waals surface area contributed by atoms with Crippen molar-refractivity contribution in [3.05, 3.63) is 0 Å². The summed E-state index contributed by atoms with van der Waals surface area (Å²) in [7, 11) is 0. The Morgan fingerprint density at radius 3 is 2.53 bits per heavy atom. The standard InChI is InChI=1S/C14H25NO2/c1-14(9-5-8-12(14)15)13(16)17-10-11-6-3-2-4-7-11/h11-12H,2-10,15H2,1H3. The van der Waals surface area contributed by atoms with Crippen molar-refractivity contribution in [2.24, 2.45) is 17.1 Å². The van der Waals surface area contributed by atoms with Crippen molar-refractivity contribution in [1.29, 1.82) is 0 Å². The van der Waals surface area contributed by atoms with Crippen LogP contribution >= 0.6 is 0 Å². The van der Waals surface area contributed by atoms with Crippen molar-refractivity contribution in [1.82, 2.24) is 0 Å². The summed E-state index contributed by atoms with van der Waals surface area (Å²) in [6.07, 6.45) is 9.25. The summed E-state index contributed by atoms with van der Waals surface area (Å²) in [6.45, 7) is 2.58. The molecule has 2 rings (SSSR count). The Balaban J connectivity index is 1.80. The van der Waals surface area contributed by atoms with Gasteiger partial charge in [-0.05, 0) is 38.5 Å². The minimum Gasteiger partial charge on any atom is -0.465 e. The number of nitrogens with two attached hydrogens (primary N) is 1. The molecule has 3 nitrogen and oxygen atoms in total. The Labute approximate surface area is 104 Å². The summed E-state index contributed by atoms with van der Waals surface area (Å²) in [6, 6.07) is -0.0126. The van der Waals surface area contributed by atoms with Crippen LogP contribution < -0.4 is 5.73 Å². The number of carbonyl (C=O) groups excluding carboxylic acids is 1. The van der Waals surface area contributed by atoms with E-state index in [1.54, 1.807) is 0 Å². The van der Waals surface area contributed by atoms with Crippen molar-refractivity contribution < 1.29 is 9.53 Å². The molecule has 0 amide bonds. The van der Waals surface area contributed by atoms with E-state index in [9.17, 15) is 4.79 Å². The van der Waals surface area contributed by atoms with Crippen molar-refractivity contribution in [2.45, 2.75) is 64.3 Å². The Kier molecular flexibility index (Phi) is 4.08. The van der Waals surface area contributed by atoms with E-state index >= 15 is 0 Å². The summed E-state index contributed by atoms with van der Waals surface area (Å²) in [5.74, 6) is 0.530. The van der Waals surface area contributed by atoms with E-state index in [4.69, 9.17) is 10.5 Å². The van der Waals surface area contributed by atoms with E-state index < -0.39 is 5.41 Å². The molecule has 0 heterocycles. The van der Waals surface area contributed by atoms with E-state index in [1.807, 2.05) is 6.92 Å². The van der Waals surface area contributed by atoms with Crippen LogP contribution in [0.3, 0.4) is 0 Å². The number of hydrogen-bond acceptors (Lipinski definition) is 3. The number of ether oxygens (including phenoxy) is 1. The van der Waals surface area contributed by atoms with Crippen LogP contribution in [-0.4, -0.2) is 18.6 Å². The van der Waals surface area contributed by atoms with Gasteiger partial charge < -0.3 is 10.5 Å². The van der Waals surface area contributed by atoms with E-state index in [0.29, 0.717) is 12.5 Å². The molecule has 0 bridgehead atoms. The molecule has 2 N–H and O–H groups in total. The number of carbonyl (C=O) groups is 1. The molecule has 17 heavy (non-hydrogen) atoms. The lowest BCUT2D eigenvalue weighted by atomic mass is 9.85. The van der Waals surface area contributed by atoms with Crippen LogP contribution in [0.5, 0.6) is 0 Å². The highest BCUT2D eigenvalue weighted by Crippen LogP contribution is 2.38. The molecule has 2 fully saturated rings. The molecule has 0 aromatic rings. The van der Waals surface area contributed by atoms with Crippen LogP contribution in [-0.2, 0) is 9.53 Å². The fourth-order valence-corrected chi connectivity index (χ4v) is 3.16. The zero-order valence-electron chi connectivity index (χ0n) is 10.9. The van der Waals surface area contributed by atoms with Crippen LogP contribution in [0.15, 0.2) is 0 Å². The SMILES string of the molecule is CC1(C(=O)OCC2CCCCC2)CCCC1N. The van der Waals surface area contributed by atoms with Crippen molar-refractivity contribution in [3.63, 3.8) is 0 Å². The highest BCUT2D eigenvalue weighted by atomic mass is 16.5. The lowest BCUT2D eigenvalue weighted by Crippen LogP contribution is -2.42. The van der Waals surface area contributed by atoms with Gasteiger partial charge in [-0.3, -0.25) is 4.79 Å². The zero-order chi connectivity index (χ0) is 12.3. The van der Waals surface area contributed by atoms with Gasteiger partial charge in [0, 0.05) is 6.04 Å². The molecule has 0 aliphatic heterocycles. The second-order valence-corrected chi connectivity index (χ2v) is 6.02. The lowest BCUT2D eigenvalue weighted by molar-refractivity contribution is -0.157. The molecule has 2 aliphatic carbocycles. The van der Waals surface area contributed by atoms with Gasteiger partial charge in [0.05, 0.1) is 12.0 Å². The first-order valence-electron chi connectivity index (χ1n) is 7.06. The van der Waals surface area contributed by atoms with Gasteiger partial charge in [0.2, 0.25) is 0 Å². The van der Waals surface area contributed by atoms with Gasteiger partial charge in [0.15, 0.2) is 0 Å². The van der Waals surface area contributed by atoms with Crippen molar-refractivity contribution >= 4 is 5.97 Å². The highest BCUT2D eigenvalue weighted by Gasteiger charge is 2.44. The molecule has 0 saturated heterocycles. The fraction of sp³-hybridized carbons (Fsp3) is 0.929. The molecular formula is C14H25NO2. The van der Waals surface area contributed by atoms with E-state index in [1.165, 1.54) is 32.1 Å². The third-order valence-corrected chi connectivity index (χ3v) is 4.67. The van der Waals surface area contributed by atoms with Gasteiger partial charge in [-0.15, -0.1) is 0 Å². The normalized spacial score (nSPS) is 34.8. The van der Waals surface area contributed by atoms with Crippen molar-refractivity contribution in [3.8, 4) is 0 Å². The third-order valence-electron chi connectivity index (χ3n) is 4.67. The van der Waals surface area contributed by atoms with Crippen LogP contribution in [0.2, 0.25) is 0 Å². The summed E-state index contributed by atoms with van der Waals surface area (Å²) >= 11 is 0. The molecule has 2 atom stereocenters. The van der Waals surface area contributed by atoms with Gasteiger partial charge in [-0.2, -0.15) is 0 Å². The maximum Gasteiger partial charge on any atom is 0.313 e. The Morgan fingerprint density at radius 2 is 1.94 bits per heavy atom. The number of esters is 1. The second-order valence-electron chi connectivity index (χ2n) is 6.02. The van der Waals surface area contributed by atoms with Gasteiger partial charge in [0.25, 0.3) is 0 Å². The molecule has 0 aromatic carbocycles. The molecule has 0 spiro atoms. The van der Waals surface area contributed by atoms with E-state index in [2.05, 4.69) is 0 Å². The molecule has 0 aromatic heterocycles. The first kappa shape index (κ1) is 12.9. The molecule has 0 radical (unpaired) electrons. The lowest BCUT2D eigenvalue weighted by Gasteiger charge is -2.28. The van der Waals surface area contributed by atoms with Crippen LogP contribution in [0.4, 0.5) is 0 Å². The minimum atomic E-state index is -0.422. The van der Waals surface area contributed by atoms with Gasteiger partial charge in [0.1, 0.15) is 0 Å². The quantitative estimate of drug-likeness (QED) is 0.770.